The Morgan fingerprint density at radius 3 is 2.92 bits per heavy atom. The fraction of sp³-hybridized carbons (Fsp3) is 0.500. The highest BCUT2D eigenvalue weighted by Gasteiger charge is 2.28. The molecule has 134 valence electrons. The normalized spacial score (nSPS) is 21.7. The molecule has 2 aromatic rings. The van der Waals surface area contributed by atoms with E-state index in [0.717, 1.165) is 31.6 Å². The molecule has 0 bridgehead atoms. The Morgan fingerprint density at radius 2 is 2.20 bits per heavy atom. The van der Waals surface area contributed by atoms with Gasteiger partial charge in [-0.25, -0.2) is 0 Å². The van der Waals surface area contributed by atoms with Crippen molar-refractivity contribution in [3.8, 4) is 0 Å². The van der Waals surface area contributed by atoms with Gasteiger partial charge in [-0.2, -0.15) is 5.10 Å². The maximum Gasteiger partial charge on any atom is 0.253 e. The molecule has 0 unspecified atom stereocenters. The number of anilines is 1. The molecule has 7 heteroatoms. The molecule has 1 aliphatic rings. The van der Waals surface area contributed by atoms with E-state index >= 15 is 0 Å². The fourth-order valence-electron chi connectivity index (χ4n) is 3.35. The number of H-pyrrole nitrogens is 1. The Hall–Kier alpha value is -2.41. The standard InChI is InChI=1S/C18H25N5O2/c1-12-4-6-13(7-5-12)16(19)18(25)22-15-9-21-23(11-15)10-14-3-2-8-20-17(14)24/h2-3,8-9,11-13,16H,4-7,10,19H2,1H3,(H,20,24)(H,22,25)/t12-,13-,16-/m0/s1. The van der Waals surface area contributed by atoms with Crippen molar-refractivity contribution >= 4 is 11.6 Å². The van der Waals surface area contributed by atoms with E-state index in [1.54, 1.807) is 35.4 Å². The van der Waals surface area contributed by atoms with Gasteiger partial charge in [0.1, 0.15) is 0 Å². The Morgan fingerprint density at radius 1 is 1.44 bits per heavy atom. The number of hydrogen-bond donors (Lipinski definition) is 3. The zero-order valence-electron chi connectivity index (χ0n) is 14.4. The summed E-state index contributed by atoms with van der Waals surface area (Å²) in [5.41, 5.74) is 7.21. The minimum atomic E-state index is -0.493. The highest BCUT2D eigenvalue weighted by Crippen LogP contribution is 2.30. The zero-order chi connectivity index (χ0) is 17.8. The summed E-state index contributed by atoms with van der Waals surface area (Å²) in [5, 5.41) is 7.03. The lowest BCUT2D eigenvalue weighted by molar-refractivity contribution is -0.118. The number of carbonyl (C=O) groups excluding carboxylic acids is 1. The van der Waals surface area contributed by atoms with Crippen molar-refractivity contribution in [3.63, 3.8) is 0 Å². The topological polar surface area (TPSA) is 106 Å². The average Bonchev–Trinajstić information content (AvgIpc) is 3.04. The molecule has 0 radical (unpaired) electrons. The molecule has 3 rings (SSSR count). The van der Waals surface area contributed by atoms with Crippen LogP contribution in [0.5, 0.6) is 0 Å². The van der Waals surface area contributed by atoms with Gasteiger partial charge in [-0.1, -0.05) is 25.8 Å². The molecule has 0 aromatic carbocycles. The van der Waals surface area contributed by atoms with Crippen LogP contribution >= 0.6 is 0 Å². The molecule has 25 heavy (non-hydrogen) atoms. The van der Waals surface area contributed by atoms with Crippen LogP contribution in [-0.2, 0) is 11.3 Å². The number of nitrogens with zero attached hydrogens (tertiary/aromatic N) is 2. The summed E-state index contributed by atoms with van der Waals surface area (Å²) in [6, 6.07) is 3.03. The molecule has 2 heterocycles. The highest BCUT2D eigenvalue weighted by molar-refractivity contribution is 5.94. The summed E-state index contributed by atoms with van der Waals surface area (Å²) in [6.45, 7) is 2.59. The van der Waals surface area contributed by atoms with Gasteiger partial charge in [0, 0.05) is 18.0 Å². The first kappa shape index (κ1) is 17.4. The zero-order valence-corrected chi connectivity index (χ0v) is 14.4. The maximum absolute atomic E-state index is 12.4. The van der Waals surface area contributed by atoms with Crippen molar-refractivity contribution in [1.82, 2.24) is 14.8 Å². The molecular weight excluding hydrogens is 318 g/mol. The minimum absolute atomic E-state index is 0.142. The SMILES string of the molecule is C[C@H]1CC[C@H]([C@H](N)C(=O)Nc2cnn(Cc3ccc[nH]c3=O)c2)CC1. The lowest BCUT2D eigenvalue weighted by atomic mass is 9.79. The van der Waals surface area contributed by atoms with E-state index in [9.17, 15) is 9.59 Å². The van der Waals surface area contributed by atoms with Crippen molar-refractivity contribution in [2.45, 2.75) is 45.2 Å². The van der Waals surface area contributed by atoms with Crippen LogP contribution in [0.2, 0.25) is 0 Å². The van der Waals surface area contributed by atoms with Crippen LogP contribution in [-0.4, -0.2) is 26.7 Å². The van der Waals surface area contributed by atoms with Gasteiger partial charge in [0.05, 0.1) is 24.5 Å². The van der Waals surface area contributed by atoms with Crippen LogP contribution < -0.4 is 16.6 Å². The van der Waals surface area contributed by atoms with Crippen LogP contribution in [0.15, 0.2) is 35.5 Å². The van der Waals surface area contributed by atoms with E-state index in [4.69, 9.17) is 5.73 Å². The summed E-state index contributed by atoms with van der Waals surface area (Å²) in [4.78, 5) is 26.7. The Balaban J connectivity index is 1.58. The molecule has 1 amide bonds. The van der Waals surface area contributed by atoms with Crippen LogP contribution in [0.25, 0.3) is 0 Å². The lowest BCUT2D eigenvalue weighted by Gasteiger charge is -2.29. The van der Waals surface area contributed by atoms with Gasteiger partial charge in [-0.15, -0.1) is 0 Å². The number of amides is 1. The molecule has 2 aromatic heterocycles. The molecule has 0 aliphatic heterocycles. The number of aromatic amines is 1. The van der Waals surface area contributed by atoms with E-state index in [-0.39, 0.29) is 17.4 Å². The van der Waals surface area contributed by atoms with Gasteiger partial charge in [0.2, 0.25) is 5.91 Å². The average molecular weight is 343 g/mol. The minimum Gasteiger partial charge on any atom is -0.329 e. The molecule has 0 spiro atoms. The summed E-state index contributed by atoms with van der Waals surface area (Å²) in [7, 11) is 0. The number of carbonyl (C=O) groups is 1. The van der Waals surface area contributed by atoms with Crippen LogP contribution in [0, 0.1) is 11.8 Å². The fourth-order valence-corrected chi connectivity index (χ4v) is 3.35. The van der Waals surface area contributed by atoms with E-state index < -0.39 is 6.04 Å². The third-order valence-electron chi connectivity index (χ3n) is 5.00. The predicted molar refractivity (Wildman–Crippen MR) is 96.1 cm³/mol. The van der Waals surface area contributed by atoms with Gasteiger partial charge in [0.25, 0.3) is 5.56 Å². The van der Waals surface area contributed by atoms with Gasteiger partial charge < -0.3 is 16.0 Å². The number of rotatable bonds is 5. The van der Waals surface area contributed by atoms with Crippen molar-refractivity contribution < 1.29 is 4.79 Å². The second-order valence-corrected chi connectivity index (χ2v) is 6.99. The molecule has 1 aliphatic carbocycles. The van der Waals surface area contributed by atoms with Crippen LogP contribution in [0.1, 0.15) is 38.2 Å². The largest absolute Gasteiger partial charge is 0.329 e. The summed E-state index contributed by atoms with van der Waals surface area (Å²) in [6.07, 6.45) is 9.15. The van der Waals surface area contributed by atoms with E-state index in [1.807, 2.05) is 0 Å². The van der Waals surface area contributed by atoms with E-state index in [2.05, 4.69) is 22.3 Å². The molecular formula is C18H25N5O2. The van der Waals surface area contributed by atoms with Gasteiger partial charge >= 0.3 is 0 Å². The van der Waals surface area contributed by atoms with Gasteiger partial charge in [-0.3, -0.25) is 14.3 Å². The van der Waals surface area contributed by atoms with Gasteiger partial charge in [-0.05, 0) is 30.7 Å². The van der Waals surface area contributed by atoms with E-state index in [0.29, 0.717) is 17.8 Å². The summed E-state index contributed by atoms with van der Waals surface area (Å²) >= 11 is 0. The second kappa shape index (κ2) is 7.65. The third-order valence-corrected chi connectivity index (χ3v) is 5.00. The first-order chi connectivity index (χ1) is 12.0. The first-order valence-electron chi connectivity index (χ1n) is 8.78. The Kier molecular flexibility index (Phi) is 5.33. The van der Waals surface area contributed by atoms with Crippen molar-refractivity contribution in [3.05, 3.63) is 46.6 Å². The van der Waals surface area contributed by atoms with Crippen molar-refractivity contribution in [2.24, 2.45) is 17.6 Å². The predicted octanol–water partition coefficient (Wildman–Crippen LogP) is 1.71. The lowest BCUT2D eigenvalue weighted by Crippen LogP contribution is -2.43. The highest BCUT2D eigenvalue weighted by atomic mass is 16.2. The number of nitrogens with two attached hydrogens (primary N) is 1. The number of nitrogens with one attached hydrogen (secondary N) is 2. The number of hydrogen-bond acceptors (Lipinski definition) is 4. The molecule has 0 saturated heterocycles. The Labute approximate surface area is 146 Å². The first-order valence-corrected chi connectivity index (χ1v) is 8.78. The van der Waals surface area contributed by atoms with Crippen molar-refractivity contribution in [2.75, 3.05) is 5.32 Å². The molecule has 7 nitrogen and oxygen atoms in total. The van der Waals surface area contributed by atoms with Crippen LogP contribution in [0.3, 0.4) is 0 Å². The second-order valence-electron chi connectivity index (χ2n) is 6.99. The van der Waals surface area contributed by atoms with Crippen molar-refractivity contribution in [1.29, 1.82) is 0 Å². The van der Waals surface area contributed by atoms with Crippen LogP contribution in [0.4, 0.5) is 5.69 Å². The number of aromatic nitrogens is 3. The third kappa shape index (κ3) is 4.36. The molecule has 4 N–H and O–H groups in total. The maximum atomic E-state index is 12.4. The molecule has 1 saturated carbocycles. The quantitative estimate of drug-likeness (QED) is 0.768. The van der Waals surface area contributed by atoms with Gasteiger partial charge in [0.15, 0.2) is 0 Å². The summed E-state index contributed by atoms with van der Waals surface area (Å²) in [5.74, 6) is 0.802. The molecule has 1 fully saturated rings. The summed E-state index contributed by atoms with van der Waals surface area (Å²) < 4.78 is 1.62. The monoisotopic (exact) mass is 343 g/mol. The van der Waals surface area contributed by atoms with E-state index in [1.165, 1.54) is 0 Å². The number of pyridine rings is 1. The Bertz CT molecular complexity index is 774. The smallest absolute Gasteiger partial charge is 0.253 e. The molecule has 1 atom stereocenters.